The zero-order valence-corrected chi connectivity index (χ0v) is 15.8. The number of ether oxygens (including phenoxy) is 1. The first-order valence-corrected chi connectivity index (χ1v) is 9.45. The first-order valence-electron chi connectivity index (χ1n) is 9.45. The molecular formula is C20H22N4O6. The minimum atomic E-state index is -1.50. The summed E-state index contributed by atoms with van der Waals surface area (Å²) in [7, 11) is 0. The van der Waals surface area contributed by atoms with E-state index in [-0.39, 0.29) is 11.7 Å². The van der Waals surface area contributed by atoms with E-state index < -0.39 is 37.1 Å². The zero-order chi connectivity index (χ0) is 21.3. The molecule has 1 saturated heterocycles. The number of aliphatic hydroxyl groups excluding tert-OH is 4. The number of aromatic amines is 1. The van der Waals surface area contributed by atoms with Crippen molar-refractivity contribution in [2.24, 2.45) is 0 Å². The van der Waals surface area contributed by atoms with Crippen LogP contribution in [0.5, 0.6) is 0 Å². The molecule has 1 amide bonds. The molecule has 10 heteroatoms. The third kappa shape index (κ3) is 3.91. The van der Waals surface area contributed by atoms with Crippen LogP contribution in [-0.4, -0.2) is 72.3 Å². The number of H-pyrrole nitrogens is 1. The molecule has 0 spiro atoms. The van der Waals surface area contributed by atoms with E-state index in [1.165, 1.54) is 0 Å². The summed E-state index contributed by atoms with van der Waals surface area (Å²) in [6, 6.07) is 8.54. The molecule has 3 aromatic rings. The Hall–Kier alpha value is -2.89. The Labute approximate surface area is 171 Å². The summed E-state index contributed by atoms with van der Waals surface area (Å²) < 4.78 is 5.52. The van der Waals surface area contributed by atoms with Crippen LogP contribution in [0.2, 0.25) is 0 Å². The standard InChI is InChI=1S/C20H22N4O6/c25-9-14-15(26)16(27)17(28)18(30-14)19-23-12-4-3-11(6-13(12)24-19)20(29)22-8-10-2-1-5-21-7-10/h1-7,14-18,25-28H,8-9H2,(H,22,29)(H,23,24)/t14-,15+,16+,17-,18-/m1/s1. The molecule has 0 aliphatic carbocycles. The minimum Gasteiger partial charge on any atom is -0.394 e. The van der Waals surface area contributed by atoms with E-state index in [0.29, 0.717) is 23.1 Å². The van der Waals surface area contributed by atoms with Gasteiger partial charge in [0.1, 0.15) is 36.3 Å². The van der Waals surface area contributed by atoms with Crippen LogP contribution in [0.3, 0.4) is 0 Å². The molecule has 3 heterocycles. The lowest BCUT2D eigenvalue weighted by Gasteiger charge is -2.39. The Morgan fingerprint density at radius 3 is 2.73 bits per heavy atom. The summed E-state index contributed by atoms with van der Waals surface area (Å²) in [5, 5.41) is 42.3. The Bertz CT molecular complexity index is 1020. The number of aromatic nitrogens is 3. The van der Waals surface area contributed by atoms with Gasteiger partial charge in [-0.05, 0) is 29.8 Å². The van der Waals surface area contributed by atoms with E-state index in [0.717, 1.165) is 5.56 Å². The van der Waals surface area contributed by atoms with Crippen molar-refractivity contribution >= 4 is 16.9 Å². The Balaban J connectivity index is 1.53. The van der Waals surface area contributed by atoms with Gasteiger partial charge in [0.25, 0.3) is 5.91 Å². The number of carbonyl (C=O) groups is 1. The van der Waals surface area contributed by atoms with Crippen molar-refractivity contribution < 1.29 is 30.0 Å². The highest BCUT2D eigenvalue weighted by Crippen LogP contribution is 2.32. The Morgan fingerprint density at radius 2 is 2.00 bits per heavy atom. The second kappa shape index (κ2) is 8.46. The summed E-state index contributed by atoms with van der Waals surface area (Å²) in [5.41, 5.74) is 2.36. The van der Waals surface area contributed by atoms with Gasteiger partial charge in [-0.1, -0.05) is 6.07 Å². The Morgan fingerprint density at radius 1 is 1.17 bits per heavy atom. The molecule has 2 aromatic heterocycles. The van der Waals surface area contributed by atoms with Gasteiger partial charge in [0.2, 0.25) is 0 Å². The number of pyridine rings is 1. The van der Waals surface area contributed by atoms with Gasteiger partial charge in [0, 0.05) is 24.5 Å². The molecule has 0 unspecified atom stereocenters. The summed E-state index contributed by atoms with van der Waals surface area (Å²) >= 11 is 0. The van der Waals surface area contributed by atoms with Crippen molar-refractivity contribution in [1.29, 1.82) is 0 Å². The molecular weight excluding hydrogens is 392 g/mol. The van der Waals surface area contributed by atoms with Crippen LogP contribution in [0.1, 0.15) is 27.8 Å². The van der Waals surface area contributed by atoms with E-state index in [2.05, 4.69) is 20.3 Å². The average molecular weight is 414 g/mol. The summed E-state index contributed by atoms with van der Waals surface area (Å²) in [5.74, 6) is -0.0560. The summed E-state index contributed by atoms with van der Waals surface area (Å²) in [6.07, 6.45) is -3.16. The van der Waals surface area contributed by atoms with Gasteiger partial charge in [-0.3, -0.25) is 9.78 Å². The number of nitrogens with zero attached hydrogens (tertiary/aromatic N) is 2. The summed E-state index contributed by atoms with van der Waals surface area (Å²) in [6.45, 7) is -0.188. The van der Waals surface area contributed by atoms with Crippen molar-refractivity contribution in [1.82, 2.24) is 20.3 Å². The molecule has 1 aliphatic rings. The van der Waals surface area contributed by atoms with Gasteiger partial charge in [0.15, 0.2) is 0 Å². The number of hydrogen-bond donors (Lipinski definition) is 6. The molecule has 0 bridgehead atoms. The van der Waals surface area contributed by atoms with E-state index in [9.17, 15) is 25.2 Å². The maximum absolute atomic E-state index is 12.5. The van der Waals surface area contributed by atoms with E-state index in [4.69, 9.17) is 4.74 Å². The molecule has 5 atom stereocenters. The predicted octanol–water partition coefficient (Wildman–Crippen LogP) is -0.597. The number of rotatable bonds is 5. The largest absolute Gasteiger partial charge is 0.394 e. The normalized spacial score (nSPS) is 26.6. The van der Waals surface area contributed by atoms with Crippen LogP contribution in [-0.2, 0) is 11.3 Å². The van der Waals surface area contributed by atoms with Crippen molar-refractivity contribution in [3.8, 4) is 0 Å². The van der Waals surface area contributed by atoms with Gasteiger partial charge in [-0.25, -0.2) is 4.98 Å². The van der Waals surface area contributed by atoms with Crippen LogP contribution in [0.25, 0.3) is 11.0 Å². The predicted molar refractivity (Wildman–Crippen MR) is 104 cm³/mol. The van der Waals surface area contributed by atoms with Crippen LogP contribution >= 0.6 is 0 Å². The number of imidazole rings is 1. The topological polar surface area (TPSA) is 161 Å². The third-order valence-corrected chi connectivity index (χ3v) is 5.10. The van der Waals surface area contributed by atoms with E-state index in [1.54, 1.807) is 36.7 Å². The van der Waals surface area contributed by atoms with Gasteiger partial charge in [-0.2, -0.15) is 0 Å². The lowest BCUT2D eigenvalue weighted by molar-refractivity contribution is -0.233. The second-order valence-corrected chi connectivity index (χ2v) is 7.15. The fourth-order valence-electron chi connectivity index (χ4n) is 3.42. The fourth-order valence-corrected chi connectivity index (χ4v) is 3.42. The highest BCUT2D eigenvalue weighted by molar-refractivity contribution is 5.97. The van der Waals surface area contributed by atoms with E-state index in [1.807, 2.05) is 6.07 Å². The third-order valence-electron chi connectivity index (χ3n) is 5.10. The molecule has 158 valence electrons. The molecule has 10 nitrogen and oxygen atoms in total. The minimum absolute atomic E-state index is 0.217. The summed E-state index contributed by atoms with van der Waals surface area (Å²) in [4.78, 5) is 23.8. The molecule has 4 rings (SSSR count). The zero-order valence-electron chi connectivity index (χ0n) is 15.8. The molecule has 1 aromatic carbocycles. The number of amides is 1. The molecule has 30 heavy (non-hydrogen) atoms. The van der Waals surface area contributed by atoms with Gasteiger partial charge < -0.3 is 35.5 Å². The average Bonchev–Trinajstić information content (AvgIpc) is 3.20. The monoisotopic (exact) mass is 414 g/mol. The lowest BCUT2D eigenvalue weighted by Crippen LogP contribution is -2.55. The van der Waals surface area contributed by atoms with Gasteiger partial charge in [-0.15, -0.1) is 0 Å². The first-order chi connectivity index (χ1) is 14.5. The maximum atomic E-state index is 12.5. The number of fused-ring (bicyclic) bond motifs is 1. The number of nitrogens with one attached hydrogen (secondary N) is 2. The number of aliphatic hydroxyl groups is 4. The number of benzene rings is 1. The SMILES string of the molecule is O=C(NCc1cccnc1)c1ccc2nc([C@@H]3O[C@H](CO)[C@H](O)[C@H](O)[C@H]3O)[nH]c2c1. The van der Waals surface area contributed by atoms with Crippen molar-refractivity contribution in [3.05, 3.63) is 59.7 Å². The maximum Gasteiger partial charge on any atom is 0.251 e. The quantitative estimate of drug-likeness (QED) is 0.323. The number of hydrogen-bond acceptors (Lipinski definition) is 8. The highest BCUT2D eigenvalue weighted by Gasteiger charge is 2.45. The molecule has 1 aliphatic heterocycles. The van der Waals surface area contributed by atoms with Crippen LogP contribution in [0, 0.1) is 0 Å². The van der Waals surface area contributed by atoms with Crippen LogP contribution in [0.4, 0.5) is 0 Å². The van der Waals surface area contributed by atoms with Crippen molar-refractivity contribution in [3.63, 3.8) is 0 Å². The van der Waals surface area contributed by atoms with Crippen molar-refractivity contribution in [2.75, 3.05) is 6.61 Å². The second-order valence-electron chi connectivity index (χ2n) is 7.15. The fraction of sp³-hybridized carbons (Fsp3) is 0.350. The van der Waals surface area contributed by atoms with Crippen LogP contribution in [0.15, 0.2) is 42.7 Å². The van der Waals surface area contributed by atoms with Gasteiger partial charge in [0.05, 0.1) is 17.6 Å². The lowest BCUT2D eigenvalue weighted by atomic mass is 9.95. The highest BCUT2D eigenvalue weighted by atomic mass is 16.5. The first kappa shape index (κ1) is 20.4. The molecule has 1 fully saturated rings. The molecule has 6 N–H and O–H groups in total. The van der Waals surface area contributed by atoms with E-state index >= 15 is 0 Å². The van der Waals surface area contributed by atoms with Crippen molar-refractivity contribution in [2.45, 2.75) is 37.1 Å². The van der Waals surface area contributed by atoms with Crippen LogP contribution < -0.4 is 5.32 Å². The Kier molecular flexibility index (Phi) is 5.75. The molecule has 0 radical (unpaired) electrons. The number of carbonyl (C=O) groups excluding carboxylic acids is 1. The molecule has 0 saturated carbocycles. The van der Waals surface area contributed by atoms with Gasteiger partial charge >= 0.3 is 0 Å². The smallest absolute Gasteiger partial charge is 0.251 e.